The molecule has 0 radical (unpaired) electrons. The molecule has 146 valence electrons. The maximum Gasteiger partial charge on any atom is 0.534 e. The number of alkyl halides is 3. The van der Waals surface area contributed by atoms with Gasteiger partial charge in [-0.25, -0.2) is 0 Å². The average molecular weight is 392 g/mol. The summed E-state index contributed by atoms with van der Waals surface area (Å²) in [4.78, 5) is 0. The molecule has 1 aromatic rings. The van der Waals surface area contributed by atoms with Crippen molar-refractivity contribution in [3.05, 3.63) is 47.2 Å². The summed E-state index contributed by atoms with van der Waals surface area (Å²) in [5, 5.41) is 0. The molecule has 0 saturated carbocycles. The largest absolute Gasteiger partial charge is 0.534 e. The maximum absolute atomic E-state index is 12.6. The van der Waals surface area contributed by atoms with Gasteiger partial charge in [0.15, 0.2) is 0 Å². The van der Waals surface area contributed by atoms with Gasteiger partial charge in [-0.15, -0.1) is 0 Å². The lowest BCUT2D eigenvalue weighted by Gasteiger charge is -2.16. The van der Waals surface area contributed by atoms with E-state index in [0.29, 0.717) is 18.4 Å². The number of unbranched alkanes of at least 4 members (excludes halogenated alkanes) is 2. The zero-order valence-electron chi connectivity index (χ0n) is 14.8. The quantitative estimate of drug-likeness (QED) is 0.276. The molecule has 8 heteroatoms. The summed E-state index contributed by atoms with van der Waals surface area (Å²) >= 11 is 0. The second-order valence-electron chi connectivity index (χ2n) is 6.29. The standard InChI is InChI=1S/C18H23F3O4S/c1-3-4-6-11-16-15(13(2)25-26(22,23)18(19,20)21)12-17(24-16)14-9-7-5-8-10-14/h5,7-10,16-17H,3-4,6,11-12H2,1-2H3. The van der Waals surface area contributed by atoms with E-state index in [1.165, 1.54) is 6.92 Å². The third kappa shape index (κ3) is 5.01. The van der Waals surface area contributed by atoms with Crippen LogP contribution in [0.15, 0.2) is 41.7 Å². The van der Waals surface area contributed by atoms with Crippen LogP contribution in [0.4, 0.5) is 13.2 Å². The Kier molecular flexibility index (Phi) is 6.74. The molecule has 0 N–H and O–H groups in total. The van der Waals surface area contributed by atoms with Gasteiger partial charge in [0.2, 0.25) is 0 Å². The van der Waals surface area contributed by atoms with Crippen LogP contribution in [0.5, 0.6) is 0 Å². The van der Waals surface area contributed by atoms with Gasteiger partial charge >= 0.3 is 15.6 Å². The van der Waals surface area contributed by atoms with Crippen LogP contribution in [0.3, 0.4) is 0 Å². The highest BCUT2D eigenvalue weighted by atomic mass is 32.2. The number of halogens is 3. The van der Waals surface area contributed by atoms with Crippen molar-refractivity contribution in [2.45, 2.75) is 63.7 Å². The van der Waals surface area contributed by atoms with Gasteiger partial charge in [0.1, 0.15) is 5.76 Å². The zero-order chi connectivity index (χ0) is 19.4. The van der Waals surface area contributed by atoms with Gasteiger partial charge in [-0.1, -0.05) is 56.5 Å². The lowest BCUT2D eigenvalue weighted by Crippen LogP contribution is -2.25. The summed E-state index contributed by atoms with van der Waals surface area (Å²) in [6, 6.07) is 9.31. The SMILES string of the molecule is CCCCCC1OC(c2ccccc2)CC1=C(C)OS(=O)(=O)C(F)(F)F. The predicted octanol–water partition coefficient (Wildman–Crippen LogP) is 5.24. The van der Waals surface area contributed by atoms with E-state index in [0.717, 1.165) is 24.8 Å². The van der Waals surface area contributed by atoms with Gasteiger partial charge in [-0.2, -0.15) is 21.6 Å². The molecule has 1 fully saturated rings. The van der Waals surface area contributed by atoms with Gasteiger partial charge in [-0.3, -0.25) is 0 Å². The molecule has 0 bridgehead atoms. The van der Waals surface area contributed by atoms with Crippen molar-refractivity contribution in [1.29, 1.82) is 0 Å². The highest BCUT2D eigenvalue weighted by Crippen LogP contribution is 2.41. The van der Waals surface area contributed by atoms with E-state index in [1.54, 1.807) is 0 Å². The summed E-state index contributed by atoms with van der Waals surface area (Å²) in [6.07, 6.45) is 2.93. The fraction of sp³-hybridized carbons (Fsp3) is 0.556. The molecule has 4 nitrogen and oxygen atoms in total. The van der Waals surface area contributed by atoms with Crippen molar-refractivity contribution in [2.75, 3.05) is 0 Å². The second kappa shape index (κ2) is 8.43. The molecule has 0 amide bonds. The van der Waals surface area contributed by atoms with Gasteiger partial charge < -0.3 is 8.92 Å². The Labute approximate surface area is 152 Å². The number of hydrogen-bond acceptors (Lipinski definition) is 4. The van der Waals surface area contributed by atoms with E-state index < -0.39 is 21.7 Å². The number of ether oxygens (including phenoxy) is 1. The van der Waals surface area contributed by atoms with Crippen molar-refractivity contribution in [3.8, 4) is 0 Å². The molecular formula is C18H23F3O4S. The van der Waals surface area contributed by atoms with Crippen molar-refractivity contribution >= 4 is 10.1 Å². The Morgan fingerprint density at radius 3 is 2.46 bits per heavy atom. The van der Waals surface area contributed by atoms with Gasteiger partial charge in [0.25, 0.3) is 0 Å². The van der Waals surface area contributed by atoms with Crippen molar-refractivity contribution in [2.24, 2.45) is 0 Å². The number of rotatable bonds is 7. The van der Waals surface area contributed by atoms with Crippen LogP contribution < -0.4 is 0 Å². The summed E-state index contributed by atoms with van der Waals surface area (Å²) in [5.74, 6) is -0.248. The first-order valence-corrected chi connectivity index (χ1v) is 9.97. The summed E-state index contributed by atoms with van der Waals surface area (Å²) in [6.45, 7) is 3.30. The van der Waals surface area contributed by atoms with E-state index in [2.05, 4.69) is 4.18 Å². The smallest absolute Gasteiger partial charge is 0.381 e. The molecular weight excluding hydrogens is 369 g/mol. The first-order valence-electron chi connectivity index (χ1n) is 8.56. The maximum atomic E-state index is 12.6. The van der Waals surface area contributed by atoms with Crippen LogP contribution in [0.2, 0.25) is 0 Å². The first-order chi connectivity index (χ1) is 12.2. The monoisotopic (exact) mass is 392 g/mol. The molecule has 1 heterocycles. The summed E-state index contributed by atoms with van der Waals surface area (Å²) in [5.41, 5.74) is -4.08. The molecule has 2 atom stereocenters. The van der Waals surface area contributed by atoms with Gasteiger partial charge in [0.05, 0.1) is 12.2 Å². The van der Waals surface area contributed by atoms with Gasteiger partial charge in [-0.05, 0) is 18.9 Å². The lowest BCUT2D eigenvalue weighted by molar-refractivity contribution is -0.0523. The summed E-state index contributed by atoms with van der Waals surface area (Å²) < 4.78 is 70.8. The Balaban J connectivity index is 2.26. The Hall–Kier alpha value is -1.54. The van der Waals surface area contributed by atoms with Crippen molar-refractivity contribution in [3.63, 3.8) is 0 Å². The van der Waals surface area contributed by atoms with E-state index >= 15 is 0 Å². The minimum atomic E-state index is -5.68. The topological polar surface area (TPSA) is 52.6 Å². The molecule has 0 spiro atoms. The Morgan fingerprint density at radius 2 is 1.88 bits per heavy atom. The fourth-order valence-electron chi connectivity index (χ4n) is 2.98. The van der Waals surface area contributed by atoms with Crippen molar-refractivity contribution in [1.82, 2.24) is 0 Å². The first kappa shape index (κ1) is 20.8. The minimum absolute atomic E-state index is 0.248. The number of allylic oxidation sites excluding steroid dienone is 1. The third-order valence-corrected chi connectivity index (χ3v) is 5.37. The van der Waals surface area contributed by atoms with E-state index in [-0.39, 0.29) is 11.9 Å². The molecule has 0 aliphatic carbocycles. The van der Waals surface area contributed by atoms with Crippen LogP contribution in [0.1, 0.15) is 57.6 Å². The Morgan fingerprint density at radius 1 is 1.23 bits per heavy atom. The zero-order valence-corrected chi connectivity index (χ0v) is 15.6. The minimum Gasteiger partial charge on any atom is -0.381 e. The van der Waals surface area contributed by atoms with E-state index in [9.17, 15) is 21.6 Å². The fourth-order valence-corrected chi connectivity index (χ4v) is 3.51. The van der Waals surface area contributed by atoms with Crippen LogP contribution in [-0.2, 0) is 19.0 Å². The molecule has 1 aliphatic rings. The van der Waals surface area contributed by atoms with Crippen molar-refractivity contribution < 1.29 is 30.5 Å². The molecule has 1 saturated heterocycles. The third-order valence-electron chi connectivity index (χ3n) is 4.33. The molecule has 1 aromatic carbocycles. The number of hydrogen-bond donors (Lipinski definition) is 0. The van der Waals surface area contributed by atoms with Crippen LogP contribution in [0, 0.1) is 0 Å². The molecule has 26 heavy (non-hydrogen) atoms. The molecule has 2 unspecified atom stereocenters. The second-order valence-corrected chi connectivity index (χ2v) is 7.83. The van der Waals surface area contributed by atoms with Crippen LogP contribution in [0.25, 0.3) is 0 Å². The van der Waals surface area contributed by atoms with Crippen LogP contribution in [-0.4, -0.2) is 20.0 Å². The molecule has 2 rings (SSSR count). The molecule has 0 aromatic heterocycles. The lowest BCUT2D eigenvalue weighted by atomic mass is 9.98. The predicted molar refractivity (Wildman–Crippen MR) is 91.6 cm³/mol. The van der Waals surface area contributed by atoms with E-state index in [4.69, 9.17) is 4.74 Å². The van der Waals surface area contributed by atoms with E-state index in [1.807, 2.05) is 37.3 Å². The van der Waals surface area contributed by atoms with Gasteiger partial charge in [0, 0.05) is 12.0 Å². The highest BCUT2D eigenvalue weighted by Gasteiger charge is 2.49. The molecule has 1 aliphatic heterocycles. The van der Waals surface area contributed by atoms with Crippen LogP contribution >= 0.6 is 0 Å². The summed E-state index contributed by atoms with van der Waals surface area (Å²) in [7, 11) is -5.68. The highest BCUT2D eigenvalue weighted by molar-refractivity contribution is 7.87. The average Bonchev–Trinajstić information content (AvgIpc) is 2.99. The Bertz CT molecular complexity index is 727. The normalized spacial score (nSPS) is 23.1. The number of benzene rings is 1.